The fourth-order valence-corrected chi connectivity index (χ4v) is 2.74. The van der Waals surface area contributed by atoms with Gasteiger partial charge in [0.05, 0.1) is 36.6 Å². The molecule has 0 bridgehead atoms. The molecule has 2 N–H and O–H groups in total. The van der Waals surface area contributed by atoms with E-state index in [9.17, 15) is 4.79 Å². The zero-order valence-electron chi connectivity index (χ0n) is 13.6. The quantitative estimate of drug-likeness (QED) is 0.451. The molecule has 2 rings (SSSR count). The Bertz CT molecular complexity index is 580. The number of halogens is 1. The highest BCUT2D eigenvalue weighted by atomic mass is 35.5. The molecule has 1 heterocycles. The van der Waals surface area contributed by atoms with Gasteiger partial charge in [-0.25, -0.2) is 4.79 Å². The number of rotatable bonds is 6. The number of carbonyl (C=O) groups excluding carboxylic acids is 1. The maximum Gasteiger partial charge on any atom is 0.337 e. The normalized spacial score (nSPS) is 14.9. The number of nitrogens with zero attached hydrogens (tertiary/aromatic N) is 1. The number of hydrogen-bond donors (Lipinski definition) is 2. The Kier molecular flexibility index (Phi) is 7.71. The molecule has 1 aliphatic rings. The molecule has 0 atom stereocenters. The van der Waals surface area contributed by atoms with E-state index in [2.05, 4.69) is 15.5 Å². The molecule has 0 unspecified atom stereocenters. The first kappa shape index (κ1) is 18.9. The van der Waals surface area contributed by atoms with Crippen LogP contribution in [0.25, 0.3) is 0 Å². The second kappa shape index (κ2) is 9.78. The molecule has 0 radical (unpaired) electrons. The van der Waals surface area contributed by atoms with Crippen LogP contribution in [0.1, 0.15) is 16.8 Å². The summed E-state index contributed by atoms with van der Waals surface area (Å²) in [6, 6.07) is 4.87. The summed E-state index contributed by atoms with van der Waals surface area (Å²) >= 11 is 11.4. The van der Waals surface area contributed by atoms with Crippen molar-refractivity contribution in [2.75, 3.05) is 51.8 Å². The summed E-state index contributed by atoms with van der Waals surface area (Å²) in [5.74, 6) is -0.417. The molecule has 6 nitrogen and oxygen atoms in total. The van der Waals surface area contributed by atoms with Gasteiger partial charge in [-0.05, 0) is 43.4 Å². The van der Waals surface area contributed by atoms with Crippen molar-refractivity contribution in [3.63, 3.8) is 0 Å². The number of ether oxygens (including phenoxy) is 2. The molecule has 0 aromatic heterocycles. The lowest BCUT2D eigenvalue weighted by molar-refractivity contribution is 0.0376. The molecule has 1 aromatic carbocycles. The third-order valence-corrected chi connectivity index (χ3v) is 4.25. The first-order chi connectivity index (χ1) is 11.6. The van der Waals surface area contributed by atoms with Crippen LogP contribution < -0.4 is 10.6 Å². The Morgan fingerprint density at radius 1 is 1.42 bits per heavy atom. The van der Waals surface area contributed by atoms with Crippen molar-refractivity contribution in [3.8, 4) is 0 Å². The summed E-state index contributed by atoms with van der Waals surface area (Å²) in [4.78, 5) is 13.9. The summed E-state index contributed by atoms with van der Waals surface area (Å²) in [7, 11) is 1.34. The van der Waals surface area contributed by atoms with E-state index in [0.29, 0.717) is 21.4 Å². The maximum absolute atomic E-state index is 11.6. The number of nitrogens with one attached hydrogen (secondary N) is 2. The molecule has 0 spiro atoms. The monoisotopic (exact) mass is 371 g/mol. The zero-order chi connectivity index (χ0) is 17.4. The van der Waals surface area contributed by atoms with E-state index in [1.807, 2.05) is 0 Å². The van der Waals surface area contributed by atoms with Crippen molar-refractivity contribution in [2.24, 2.45) is 0 Å². The summed E-state index contributed by atoms with van der Waals surface area (Å²) in [5, 5.41) is 7.12. The van der Waals surface area contributed by atoms with Crippen LogP contribution in [0.2, 0.25) is 5.02 Å². The van der Waals surface area contributed by atoms with Crippen molar-refractivity contribution in [2.45, 2.75) is 6.42 Å². The lowest BCUT2D eigenvalue weighted by Crippen LogP contribution is -2.38. The molecule has 0 amide bonds. The smallest absolute Gasteiger partial charge is 0.337 e. The number of carbonyl (C=O) groups is 1. The molecule has 0 aliphatic carbocycles. The molecule has 1 fully saturated rings. The number of thiocarbonyl (C=S) groups is 1. The minimum absolute atomic E-state index is 0.416. The summed E-state index contributed by atoms with van der Waals surface area (Å²) in [6.45, 7) is 5.36. The van der Waals surface area contributed by atoms with Gasteiger partial charge < -0.3 is 20.1 Å². The third-order valence-electron chi connectivity index (χ3n) is 3.68. The minimum Gasteiger partial charge on any atom is -0.465 e. The molecule has 1 aromatic rings. The van der Waals surface area contributed by atoms with Crippen molar-refractivity contribution in [3.05, 3.63) is 28.8 Å². The molecule has 1 aliphatic heterocycles. The number of morpholine rings is 1. The molecular formula is C16H22ClN3O3S. The number of hydrogen-bond acceptors (Lipinski definition) is 5. The summed E-state index contributed by atoms with van der Waals surface area (Å²) in [6.07, 6.45) is 0.984. The molecule has 1 saturated heterocycles. The van der Waals surface area contributed by atoms with Crippen LogP contribution in [0.5, 0.6) is 0 Å². The van der Waals surface area contributed by atoms with Crippen LogP contribution >= 0.6 is 23.8 Å². The van der Waals surface area contributed by atoms with E-state index >= 15 is 0 Å². The molecule has 0 saturated carbocycles. The van der Waals surface area contributed by atoms with E-state index in [4.69, 9.17) is 33.3 Å². The highest BCUT2D eigenvalue weighted by Crippen LogP contribution is 2.23. The van der Waals surface area contributed by atoms with Gasteiger partial charge in [-0.1, -0.05) is 11.6 Å². The second-order valence-electron chi connectivity index (χ2n) is 5.37. The van der Waals surface area contributed by atoms with Crippen molar-refractivity contribution in [1.82, 2.24) is 10.2 Å². The average molecular weight is 372 g/mol. The van der Waals surface area contributed by atoms with Gasteiger partial charge in [0.15, 0.2) is 5.11 Å². The van der Waals surface area contributed by atoms with E-state index in [-0.39, 0.29) is 0 Å². The second-order valence-corrected chi connectivity index (χ2v) is 6.19. The van der Waals surface area contributed by atoms with Crippen LogP contribution in [0.3, 0.4) is 0 Å². The maximum atomic E-state index is 11.6. The van der Waals surface area contributed by atoms with Gasteiger partial charge in [-0.2, -0.15) is 0 Å². The Balaban J connectivity index is 1.76. The number of benzene rings is 1. The van der Waals surface area contributed by atoms with Gasteiger partial charge in [-0.15, -0.1) is 0 Å². The van der Waals surface area contributed by atoms with Gasteiger partial charge in [0.1, 0.15) is 0 Å². The van der Waals surface area contributed by atoms with Crippen molar-refractivity contribution in [1.29, 1.82) is 0 Å². The van der Waals surface area contributed by atoms with Crippen LogP contribution in [0.4, 0.5) is 5.69 Å². The topological polar surface area (TPSA) is 62.8 Å². The Morgan fingerprint density at radius 2 is 2.17 bits per heavy atom. The predicted octanol–water partition coefficient (Wildman–Crippen LogP) is 2.14. The van der Waals surface area contributed by atoms with Crippen LogP contribution in [-0.4, -0.2) is 62.5 Å². The lowest BCUT2D eigenvalue weighted by Gasteiger charge is -2.26. The van der Waals surface area contributed by atoms with Crippen LogP contribution in [0, 0.1) is 0 Å². The van der Waals surface area contributed by atoms with Gasteiger partial charge in [0.2, 0.25) is 0 Å². The minimum atomic E-state index is -0.417. The van der Waals surface area contributed by atoms with E-state index < -0.39 is 5.97 Å². The molecule has 132 valence electrons. The number of anilines is 1. The van der Waals surface area contributed by atoms with Crippen molar-refractivity contribution >= 4 is 40.6 Å². The fourth-order valence-electron chi connectivity index (χ4n) is 2.36. The molecular weight excluding hydrogens is 350 g/mol. The fraction of sp³-hybridized carbons (Fsp3) is 0.500. The third kappa shape index (κ3) is 5.90. The van der Waals surface area contributed by atoms with Gasteiger partial charge in [-0.3, -0.25) is 4.90 Å². The number of methoxy groups -OCH3 is 1. The van der Waals surface area contributed by atoms with E-state index in [1.54, 1.807) is 18.2 Å². The van der Waals surface area contributed by atoms with Gasteiger partial charge in [0.25, 0.3) is 0 Å². The summed E-state index contributed by atoms with van der Waals surface area (Å²) in [5.41, 5.74) is 0.991. The van der Waals surface area contributed by atoms with Crippen molar-refractivity contribution < 1.29 is 14.3 Å². The van der Waals surface area contributed by atoms with Gasteiger partial charge in [0, 0.05) is 19.6 Å². The van der Waals surface area contributed by atoms with E-state index in [0.717, 1.165) is 45.8 Å². The standard InChI is InChI=1S/C16H22ClN3O3S/c1-22-15(21)12-3-4-13(17)14(11-12)19-16(24)18-5-2-6-20-7-9-23-10-8-20/h3-4,11H,2,5-10H2,1H3,(H2,18,19,24). The predicted molar refractivity (Wildman–Crippen MR) is 98.9 cm³/mol. The number of esters is 1. The average Bonchev–Trinajstić information content (AvgIpc) is 2.61. The van der Waals surface area contributed by atoms with Crippen LogP contribution in [0.15, 0.2) is 18.2 Å². The summed E-state index contributed by atoms with van der Waals surface area (Å²) < 4.78 is 10.0. The Labute approximate surface area is 152 Å². The van der Waals surface area contributed by atoms with Gasteiger partial charge >= 0.3 is 5.97 Å². The van der Waals surface area contributed by atoms with E-state index in [1.165, 1.54) is 7.11 Å². The Morgan fingerprint density at radius 3 is 2.88 bits per heavy atom. The molecule has 24 heavy (non-hydrogen) atoms. The zero-order valence-corrected chi connectivity index (χ0v) is 15.2. The Hall–Kier alpha value is -1.41. The largest absolute Gasteiger partial charge is 0.465 e. The lowest BCUT2D eigenvalue weighted by atomic mass is 10.2. The first-order valence-corrected chi connectivity index (χ1v) is 8.61. The van der Waals surface area contributed by atoms with Crippen LogP contribution in [-0.2, 0) is 9.47 Å². The molecule has 8 heteroatoms. The first-order valence-electron chi connectivity index (χ1n) is 7.83. The SMILES string of the molecule is COC(=O)c1ccc(Cl)c(NC(=S)NCCCN2CCOCC2)c1. The highest BCUT2D eigenvalue weighted by molar-refractivity contribution is 7.80. The highest BCUT2D eigenvalue weighted by Gasteiger charge is 2.11.